The lowest BCUT2D eigenvalue weighted by Gasteiger charge is -2.09. The van der Waals surface area contributed by atoms with E-state index in [4.69, 9.17) is 0 Å². The van der Waals surface area contributed by atoms with Crippen LogP contribution in [-0.4, -0.2) is 18.4 Å². The molecule has 0 aliphatic heterocycles. The maximum atomic E-state index is 12.2. The Hall–Kier alpha value is -2.40. The molecule has 1 aromatic carbocycles. The molecule has 21 heavy (non-hydrogen) atoms. The molecule has 0 atom stereocenters. The van der Waals surface area contributed by atoms with Crippen molar-refractivity contribution in [2.45, 2.75) is 6.92 Å². The quantitative estimate of drug-likeness (QED) is 0.834. The van der Waals surface area contributed by atoms with Gasteiger partial charge in [-0.25, -0.2) is 0 Å². The van der Waals surface area contributed by atoms with Crippen LogP contribution in [0.5, 0.6) is 0 Å². The summed E-state index contributed by atoms with van der Waals surface area (Å²) in [5, 5.41) is 7.29. The predicted molar refractivity (Wildman–Crippen MR) is 84.9 cm³/mol. The summed E-state index contributed by atoms with van der Waals surface area (Å²) in [6.07, 6.45) is 1.68. The van der Waals surface area contributed by atoms with Gasteiger partial charge in [0.2, 0.25) is 0 Å². The lowest BCUT2D eigenvalue weighted by Crippen LogP contribution is -2.34. The van der Waals surface area contributed by atoms with Crippen LogP contribution in [0.15, 0.2) is 53.5 Å². The van der Waals surface area contributed by atoms with Crippen LogP contribution in [0.25, 0.3) is 6.08 Å². The summed E-state index contributed by atoms with van der Waals surface area (Å²) in [5.41, 5.74) is 0.757. The van der Waals surface area contributed by atoms with Crippen molar-refractivity contribution < 1.29 is 9.59 Å². The van der Waals surface area contributed by atoms with Gasteiger partial charge in [-0.2, -0.15) is 0 Å². The van der Waals surface area contributed by atoms with Crippen molar-refractivity contribution >= 4 is 29.2 Å². The first kappa shape index (κ1) is 15.0. The molecule has 0 aliphatic carbocycles. The van der Waals surface area contributed by atoms with Crippen molar-refractivity contribution in [1.29, 1.82) is 0 Å². The first-order valence-electron chi connectivity index (χ1n) is 6.60. The average molecular weight is 300 g/mol. The van der Waals surface area contributed by atoms with Crippen molar-refractivity contribution in [1.82, 2.24) is 10.6 Å². The molecule has 1 aromatic heterocycles. The van der Waals surface area contributed by atoms with Gasteiger partial charge < -0.3 is 10.6 Å². The zero-order chi connectivity index (χ0) is 15.1. The average Bonchev–Trinajstić information content (AvgIpc) is 3.00. The molecule has 0 aliphatic rings. The van der Waals surface area contributed by atoms with Gasteiger partial charge >= 0.3 is 0 Å². The van der Waals surface area contributed by atoms with Crippen LogP contribution in [-0.2, 0) is 4.79 Å². The van der Waals surface area contributed by atoms with Gasteiger partial charge in [-0.15, -0.1) is 11.3 Å². The van der Waals surface area contributed by atoms with Crippen molar-refractivity contribution in [3.8, 4) is 0 Å². The molecule has 1 heterocycles. The van der Waals surface area contributed by atoms with Crippen LogP contribution < -0.4 is 10.6 Å². The number of carbonyl (C=O) groups is 2. The maximum Gasteiger partial charge on any atom is 0.267 e. The lowest BCUT2D eigenvalue weighted by atomic mass is 10.2. The van der Waals surface area contributed by atoms with Gasteiger partial charge in [0.05, 0.1) is 0 Å². The lowest BCUT2D eigenvalue weighted by molar-refractivity contribution is -0.117. The summed E-state index contributed by atoms with van der Waals surface area (Å²) < 4.78 is 0. The van der Waals surface area contributed by atoms with E-state index in [1.54, 1.807) is 30.3 Å². The van der Waals surface area contributed by atoms with Gasteiger partial charge in [0.15, 0.2) is 0 Å². The second-order valence-corrected chi connectivity index (χ2v) is 5.23. The van der Waals surface area contributed by atoms with Crippen LogP contribution >= 0.6 is 11.3 Å². The van der Waals surface area contributed by atoms with Crippen LogP contribution in [0.2, 0.25) is 0 Å². The Bertz CT molecular complexity index is 634. The Morgan fingerprint density at radius 3 is 2.52 bits per heavy atom. The number of likely N-dealkylation sites (N-methyl/N-ethyl adjacent to an activating group) is 1. The molecule has 5 heteroatoms. The summed E-state index contributed by atoms with van der Waals surface area (Å²) in [5.74, 6) is -0.597. The van der Waals surface area contributed by atoms with E-state index in [-0.39, 0.29) is 17.5 Å². The fraction of sp³-hybridized carbons (Fsp3) is 0.125. The van der Waals surface area contributed by atoms with Crippen LogP contribution in [0.1, 0.15) is 22.2 Å². The van der Waals surface area contributed by atoms with E-state index in [0.29, 0.717) is 12.1 Å². The number of amides is 2. The molecule has 2 rings (SSSR count). The summed E-state index contributed by atoms with van der Waals surface area (Å²) in [6.45, 7) is 2.33. The Morgan fingerprint density at radius 2 is 1.90 bits per heavy atom. The molecule has 0 saturated heterocycles. The van der Waals surface area contributed by atoms with Crippen molar-refractivity contribution in [3.63, 3.8) is 0 Å². The van der Waals surface area contributed by atoms with E-state index in [2.05, 4.69) is 10.6 Å². The first-order chi connectivity index (χ1) is 10.2. The van der Waals surface area contributed by atoms with E-state index in [0.717, 1.165) is 4.88 Å². The fourth-order valence-corrected chi connectivity index (χ4v) is 2.37. The highest BCUT2D eigenvalue weighted by Gasteiger charge is 2.13. The van der Waals surface area contributed by atoms with E-state index >= 15 is 0 Å². The number of carbonyl (C=O) groups excluding carboxylic acids is 2. The number of hydrogen-bond donors (Lipinski definition) is 2. The van der Waals surface area contributed by atoms with Crippen molar-refractivity contribution in [2.24, 2.45) is 0 Å². The van der Waals surface area contributed by atoms with Crippen LogP contribution in [0, 0.1) is 0 Å². The Balaban J connectivity index is 2.20. The monoisotopic (exact) mass is 300 g/mol. The molecule has 2 N–H and O–H groups in total. The number of benzene rings is 1. The highest BCUT2D eigenvalue weighted by atomic mass is 32.1. The summed E-state index contributed by atoms with van der Waals surface area (Å²) >= 11 is 1.50. The number of rotatable bonds is 5. The smallest absolute Gasteiger partial charge is 0.267 e. The minimum absolute atomic E-state index is 0.244. The number of thiophene rings is 1. The van der Waals surface area contributed by atoms with Gasteiger partial charge in [0, 0.05) is 17.0 Å². The molecular weight excluding hydrogens is 284 g/mol. The molecule has 0 radical (unpaired) electrons. The van der Waals surface area contributed by atoms with E-state index in [1.165, 1.54) is 11.3 Å². The van der Waals surface area contributed by atoms with E-state index in [1.807, 2.05) is 30.5 Å². The van der Waals surface area contributed by atoms with Crippen LogP contribution in [0.4, 0.5) is 0 Å². The number of hydrogen-bond acceptors (Lipinski definition) is 3. The third-order valence-corrected chi connectivity index (χ3v) is 3.52. The van der Waals surface area contributed by atoms with Gasteiger partial charge in [-0.3, -0.25) is 9.59 Å². The van der Waals surface area contributed by atoms with Gasteiger partial charge in [0.1, 0.15) is 5.70 Å². The highest BCUT2D eigenvalue weighted by molar-refractivity contribution is 7.10. The predicted octanol–water partition coefficient (Wildman–Crippen LogP) is 2.66. The Kier molecular flexibility index (Phi) is 5.29. The summed E-state index contributed by atoms with van der Waals surface area (Å²) in [7, 11) is 0. The molecule has 108 valence electrons. The molecule has 4 nitrogen and oxygen atoms in total. The second kappa shape index (κ2) is 7.40. The molecule has 0 spiro atoms. The normalized spacial score (nSPS) is 11.0. The van der Waals surface area contributed by atoms with E-state index in [9.17, 15) is 9.59 Å². The summed E-state index contributed by atoms with van der Waals surface area (Å²) in [4.78, 5) is 25.1. The van der Waals surface area contributed by atoms with Crippen molar-refractivity contribution in [2.75, 3.05) is 6.54 Å². The fourth-order valence-electron chi connectivity index (χ4n) is 1.71. The third kappa shape index (κ3) is 4.29. The second-order valence-electron chi connectivity index (χ2n) is 4.25. The highest BCUT2D eigenvalue weighted by Crippen LogP contribution is 2.13. The van der Waals surface area contributed by atoms with E-state index < -0.39 is 0 Å². The first-order valence-corrected chi connectivity index (χ1v) is 7.48. The molecule has 0 unspecified atom stereocenters. The zero-order valence-electron chi connectivity index (χ0n) is 11.6. The Morgan fingerprint density at radius 1 is 1.14 bits per heavy atom. The molecule has 2 aromatic rings. The molecule has 0 bridgehead atoms. The minimum atomic E-state index is -0.301. The van der Waals surface area contributed by atoms with Crippen LogP contribution in [0.3, 0.4) is 0 Å². The molecule has 2 amide bonds. The van der Waals surface area contributed by atoms with Gasteiger partial charge in [-0.1, -0.05) is 24.3 Å². The maximum absolute atomic E-state index is 12.2. The minimum Gasteiger partial charge on any atom is -0.351 e. The molecule has 0 saturated carbocycles. The standard InChI is InChI=1S/C16H16N2O2S/c1-2-17-16(20)14(11-13-9-6-10-21-13)18-15(19)12-7-4-3-5-8-12/h3-11H,2H2,1H3,(H,17,20)(H,18,19)/b14-11-. The van der Waals surface area contributed by atoms with Gasteiger partial charge in [0.25, 0.3) is 11.8 Å². The largest absolute Gasteiger partial charge is 0.351 e. The Labute approximate surface area is 127 Å². The SMILES string of the molecule is CCNC(=O)/C(=C/c1cccs1)NC(=O)c1ccccc1. The molecular formula is C16H16N2O2S. The third-order valence-electron chi connectivity index (χ3n) is 2.70. The number of nitrogens with one attached hydrogen (secondary N) is 2. The summed E-state index contributed by atoms with van der Waals surface area (Å²) in [6, 6.07) is 12.6. The van der Waals surface area contributed by atoms with Gasteiger partial charge in [-0.05, 0) is 36.6 Å². The zero-order valence-corrected chi connectivity index (χ0v) is 12.4. The topological polar surface area (TPSA) is 58.2 Å². The molecule has 0 fully saturated rings. The van der Waals surface area contributed by atoms with Crippen molar-refractivity contribution in [3.05, 3.63) is 64.0 Å².